The number of hydrogen-bond donors (Lipinski definition) is 1. The summed E-state index contributed by atoms with van der Waals surface area (Å²) in [6.45, 7) is 2.38. The lowest BCUT2D eigenvalue weighted by Crippen LogP contribution is -2.20. The maximum Gasteiger partial charge on any atom is 0.273 e. The molecule has 2 rings (SSSR count). The first-order valence-electron chi connectivity index (χ1n) is 7.47. The van der Waals surface area contributed by atoms with E-state index in [0.29, 0.717) is 23.5 Å². The molecule has 0 heterocycles. The molecule has 1 N–H and O–H groups in total. The van der Waals surface area contributed by atoms with Gasteiger partial charge in [0, 0.05) is 21.7 Å². The fraction of sp³-hybridized carbons (Fsp3) is 0.176. The molecule has 2 aromatic rings. The number of halogens is 1. The molecule has 2 aromatic carbocycles. The Labute approximate surface area is 153 Å². The molecule has 0 saturated heterocycles. The first-order chi connectivity index (χ1) is 12.0. The molecule has 0 aromatic heterocycles. The number of nitro benzene ring substituents is 1. The van der Waals surface area contributed by atoms with Crippen LogP contribution in [-0.2, 0) is 11.2 Å². The lowest BCUT2D eigenvalue weighted by Gasteiger charge is -2.07. The summed E-state index contributed by atoms with van der Waals surface area (Å²) < 4.78 is 6.34. The largest absolute Gasteiger partial charge is 0.493 e. The van der Waals surface area contributed by atoms with Crippen molar-refractivity contribution in [1.82, 2.24) is 5.43 Å². The average molecular weight is 406 g/mol. The number of hydrazone groups is 1. The average Bonchev–Trinajstić information content (AvgIpc) is 2.57. The number of carbonyl (C=O) groups is 1. The van der Waals surface area contributed by atoms with Gasteiger partial charge in [-0.1, -0.05) is 34.1 Å². The molecule has 1 amide bonds. The Morgan fingerprint density at radius 2 is 2.12 bits per heavy atom. The third kappa shape index (κ3) is 5.39. The summed E-state index contributed by atoms with van der Waals surface area (Å²) in [7, 11) is 0. The van der Waals surface area contributed by atoms with Crippen LogP contribution >= 0.6 is 15.9 Å². The number of carbonyl (C=O) groups excluding carboxylic acids is 1. The Morgan fingerprint density at radius 3 is 2.84 bits per heavy atom. The zero-order chi connectivity index (χ0) is 18.2. The predicted octanol–water partition coefficient (Wildman–Crippen LogP) is 3.45. The summed E-state index contributed by atoms with van der Waals surface area (Å²) in [5.74, 6) is 0.195. The van der Waals surface area contributed by atoms with Crippen molar-refractivity contribution in [3.05, 3.63) is 68.2 Å². The topological polar surface area (TPSA) is 93.8 Å². The number of ether oxygens (including phenoxy) is 1. The minimum absolute atomic E-state index is 0.0905. The van der Waals surface area contributed by atoms with Crippen LogP contribution in [0.25, 0.3) is 0 Å². The summed E-state index contributed by atoms with van der Waals surface area (Å²) in [5.41, 5.74) is 3.31. The van der Waals surface area contributed by atoms with Crippen LogP contribution in [0.1, 0.15) is 18.1 Å². The maximum atomic E-state index is 12.0. The fourth-order valence-corrected chi connectivity index (χ4v) is 2.51. The van der Waals surface area contributed by atoms with E-state index in [2.05, 4.69) is 26.5 Å². The summed E-state index contributed by atoms with van der Waals surface area (Å²) in [6, 6.07) is 11.6. The van der Waals surface area contributed by atoms with E-state index in [1.807, 2.05) is 19.1 Å². The summed E-state index contributed by atoms with van der Waals surface area (Å²) in [5, 5.41) is 14.9. The highest BCUT2D eigenvalue weighted by Gasteiger charge is 2.15. The van der Waals surface area contributed by atoms with Crippen LogP contribution in [-0.4, -0.2) is 23.7 Å². The second-order valence-electron chi connectivity index (χ2n) is 4.97. The lowest BCUT2D eigenvalue weighted by atomic mass is 10.1. The smallest absolute Gasteiger partial charge is 0.273 e. The predicted molar refractivity (Wildman–Crippen MR) is 97.8 cm³/mol. The van der Waals surface area contributed by atoms with Gasteiger partial charge in [-0.25, -0.2) is 5.43 Å². The molecule has 0 spiro atoms. The summed E-state index contributed by atoms with van der Waals surface area (Å²) in [4.78, 5) is 22.4. The maximum absolute atomic E-state index is 12.0. The van der Waals surface area contributed by atoms with E-state index in [9.17, 15) is 14.9 Å². The fourth-order valence-electron chi connectivity index (χ4n) is 2.13. The molecule has 8 heteroatoms. The highest BCUT2D eigenvalue weighted by molar-refractivity contribution is 9.10. The van der Waals surface area contributed by atoms with E-state index in [0.717, 1.165) is 4.47 Å². The normalized spacial score (nSPS) is 10.6. The molecule has 0 aliphatic heterocycles. The van der Waals surface area contributed by atoms with Crippen LogP contribution in [0.4, 0.5) is 5.69 Å². The Hall–Kier alpha value is -2.74. The monoisotopic (exact) mass is 405 g/mol. The van der Waals surface area contributed by atoms with Gasteiger partial charge in [0.25, 0.3) is 5.69 Å². The summed E-state index contributed by atoms with van der Waals surface area (Å²) >= 11 is 3.37. The van der Waals surface area contributed by atoms with Gasteiger partial charge in [-0.15, -0.1) is 0 Å². The molecule has 0 aliphatic rings. The van der Waals surface area contributed by atoms with E-state index in [1.54, 1.807) is 24.3 Å². The summed E-state index contributed by atoms with van der Waals surface area (Å²) in [6.07, 6.45) is 1.33. The second kappa shape index (κ2) is 8.93. The lowest BCUT2D eigenvalue weighted by molar-refractivity contribution is -0.385. The second-order valence-corrected chi connectivity index (χ2v) is 5.89. The number of nitrogens with one attached hydrogen (secondary N) is 1. The van der Waals surface area contributed by atoms with E-state index in [1.165, 1.54) is 12.3 Å². The molecule has 25 heavy (non-hydrogen) atoms. The van der Waals surface area contributed by atoms with Crippen LogP contribution in [0, 0.1) is 10.1 Å². The third-order valence-corrected chi connectivity index (χ3v) is 3.70. The Kier molecular flexibility index (Phi) is 6.64. The molecule has 130 valence electrons. The van der Waals surface area contributed by atoms with Crippen molar-refractivity contribution in [3.8, 4) is 5.75 Å². The Bertz CT molecular complexity index is 808. The van der Waals surface area contributed by atoms with Crippen LogP contribution < -0.4 is 10.2 Å². The molecule has 0 bridgehead atoms. The third-order valence-electron chi connectivity index (χ3n) is 3.20. The number of para-hydroxylation sites is 1. The number of nitro groups is 1. The van der Waals surface area contributed by atoms with Gasteiger partial charge in [0.05, 0.1) is 24.2 Å². The van der Waals surface area contributed by atoms with Gasteiger partial charge < -0.3 is 4.74 Å². The SMILES string of the molecule is CCOc1ccc(Br)cc1/C=N/NC(=O)Cc1ccccc1[N+](=O)[O-]. The zero-order valence-electron chi connectivity index (χ0n) is 13.4. The van der Waals surface area contributed by atoms with Gasteiger partial charge in [-0.3, -0.25) is 14.9 Å². The van der Waals surface area contributed by atoms with Crippen molar-refractivity contribution >= 4 is 33.7 Å². The van der Waals surface area contributed by atoms with E-state index < -0.39 is 10.8 Å². The van der Waals surface area contributed by atoms with Gasteiger partial charge in [0.1, 0.15) is 5.75 Å². The van der Waals surface area contributed by atoms with Gasteiger partial charge in [-0.2, -0.15) is 5.10 Å². The number of hydrogen-bond acceptors (Lipinski definition) is 5. The van der Waals surface area contributed by atoms with Gasteiger partial charge in [-0.05, 0) is 25.1 Å². The van der Waals surface area contributed by atoms with Crippen LogP contribution in [0.5, 0.6) is 5.75 Å². The van der Waals surface area contributed by atoms with E-state index in [-0.39, 0.29) is 12.1 Å². The minimum atomic E-state index is -0.512. The highest BCUT2D eigenvalue weighted by atomic mass is 79.9. The number of amides is 1. The molecular formula is C17H16BrN3O4. The first-order valence-corrected chi connectivity index (χ1v) is 8.27. The zero-order valence-corrected chi connectivity index (χ0v) is 15.0. The van der Waals surface area contributed by atoms with Gasteiger partial charge in [0.2, 0.25) is 5.91 Å². The molecule has 7 nitrogen and oxygen atoms in total. The minimum Gasteiger partial charge on any atom is -0.493 e. The molecular weight excluding hydrogens is 390 g/mol. The molecule has 0 radical (unpaired) electrons. The molecule has 0 aliphatic carbocycles. The molecule has 0 fully saturated rings. The van der Waals surface area contributed by atoms with E-state index >= 15 is 0 Å². The van der Waals surface area contributed by atoms with Crippen molar-refractivity contribution in [3.63, 3.8) is 0 Å². The van der Waals surface area contributed by atoms with Crippen molar-refractivity contribution in [2.45, 2.75) is 13.3 Å². The highest BCUT2D eigenvalue weighted by Crippen LogP contribution is 2.22. The Morgan fingerprint density at radius 1 is 1.36 bits per heavy atom. The van der Waals surface area contributed by atoms with Crippen LogP contribution in [0.3, 0.4) is 0 Å². The number of benzene rings is 2. The van der Waals surface area contributed by atoms with Crippen molar-refractivity contribution in [1.29, 1.82) is 0 Å². The van der Waals surface area contributed by atoms with Gasteiger partial charge >= 0.3 is 0 Å². The molecule has 0 unspecified atom stereocenters. The number of rotatable bonds is 7. The van der Waals surface area contributed by atoms with Crippen molar-refractivity contribution in [2.75, 3.05) is 6.61 Å². The quantitative estimate of drug-likeness (QED) is 0.433. The van der Waals surface area contributed by atoms with Crippen LogP contribution in [0.2, 0.25) is 0 Å². The van der Waals surface area contributed by atoms with Gasteiger partial charge in [0.15, 0.2) is 0 Å². The number of nitrogens with zero attached hydrogens (tertiary/aromatic N) is 2. The van der Waals surface area contributed by atoms with Crippen molar-refractivity contribution in [2.24, 2.45) is 5.10 Å². The van der Waals surface area contributed by atoms with E-state index in [4.69, 9.17) is 4.74 Å². The molecule has 0 saturated carbocycles. The van der Waals surface area contributed by atoms with Crippen LogP contribution in [0.15, 0.2) is 52.0 Å². The molecule has 0 atom stereocenters. The first kappa shape index (κ1) is 18.6. The van der Waals surface area contributed by atoms with Crippen molar-refractivity contribution < 1.29 is 14.5 Å². The Balaban J connectivity index is 2.04. The standard InChI is InChI=1S/C17H16BrN3O4/c1-2-25-16-8-7-14(18)9-13(16)11-19-20-17(22)10-12-5-3-4-6-15(12)21(23)24/h3-9,11H,2,10H2,1H3,(H,20,22)/b19-11+.